The number of hydrogen-bond acceptors (Lipinski definition) is 3. The van der Waals surface area contributed by atoms with E-state index >= 15 is 0 Å². The van der Waals surface area contributed by atoms with E-state index in [1.807, 2.05) is 13.8 Å². The minimum Gasteiger partial charge on any atom is -0.456 e. The lowest BCUT2D eigenvalue weighted by atomic mass is 9.95. The fraction of sp³-hybridized carbons (Fsp3) is 0.667. The predicted octanol–water partition coefficient (Wildman–Crippen LogP) is 0.875. The van der Waals surface area contributed by atoms with Crippen LogP contribution in [0.3, 0.4) is 0 Å². The molecular weight excluding hydrogens is 156 g/mol. The van der Waals surface area contributed by atoms with Gasteiger partial charge in [0.05, 0.1) is 0 Å². The van der Waals surface area contributed by atoms with Gasteiger partial charge in [0.1, 0.15) is 12.2 Å². The Bertz CT molecular complexity index is 218. The molecule has 0 amide bonds. The fourth-order valence-electron chi connectivity index (χ4n) is 1.26. The second kappa shape index (κ2) is 3.27. The first-order valence-corrected chi connectivity index (χ1v) is 4.09. The Morgan fingerprint density at radius 3 is 2.67 bits per heavy atom. The quantitative estimate of drug-likeness (QED) is 0.594. The standard InChI is InChI=1S/C9H14O3/c1-5(2)9-8(11)6(3)4-7(10)12-9/h4-5,8-9,11H,1-3H3/t8-,9+/m1/s1. The number of esters is 1. The van der Waals surface area contributed by atoms with Crippen LogP contribution < -0.4 is 0 Å². The summed E-state index contributed by atoms with van der Waals surface area (Å²) in [5, 5.41) is 9.58. The molecule has 12 heavy (non-hydrogen) atoms. The molecule has 1 aliphatic rings. The van der Waals surface area contributed by atoms with Crippen molar-refractivity contribution in [1.29, 1.82) is 0 Å². The predicted molar refractivity (Wildman–Crippen MR) is 44.5 cm³/mol. The Kier molecular flexibility index (Phi) is 2.52. The van der Waals surface area contributed by atoms with Crippen LogP contribution in [0.4, 0.5) is 0 Å². The van der Waals surface area contributed by atoms with E-state index in [9.17, 15) is 9.90 Å². The number of carbonyl (C=O) groups excluding carboxylic acids is 1. The summed E-state index contributed by atoms with van der Waals surface area (Å²) in [5.74, 6) is -0.205. The van der Waals surface area contributed by atoms with Crippen LogP contribution in [0.1, 0.15) is 20.8 Å². The molecule has 0 bridgehead atoms. The highest BCUT2D eigenvalue weighted by Gasteiger charge is 2.31. The number of aliphatic hydroxyl groups is 1. The zero-order valence-corrected chi connectivity index (χ0v) is 7.57. The number of carbonyl (C=O) groups is 1. The highest BCUT2D eigenvalue weighted by atomic mass is 16.6. The summed E-state index contributed by atoms with van der Waals surface area (Å²) < 4.78 is 4.97. The Morgan fingerprint density at radius 2 is 2.17 bits per heavy atom. The van der Waals surface area contributed by atoms with Gasteiger partial charge in [0.2, 0.25) is 0 Å². The molecule has 3 heteroatoms. The number of hydrogen-bond donors (Lipinski definition) is 1. The van der Waals surface area contributed by atoms with E-state index in [0.29, 0.717) is 5.57 Å². The van der Waals surface area contributed by atoms with Crippen LogP contribution in [0.25, 0.3) is 0 Å². The molecule has 0 saturated heterocycles. The third-order valence-corrected chi connectivity index (χ3v) is 2.03. The fourth-order valence-corrected chi connectivity index (χ4v) is 1.26. The Hall–Kier alpha value is -0.830. The van der Waals surface area contributed by atoms with Crippen molar-refractivity contribution in [3.63, 3.8) is 0 Å². The molecule has 3 nitrogen and oxygen atoms in total. The Balaban J connectivity index is 2.81. The van der Waals surface area contributed by atoms with Gasteiger partial charge < -0.3 is 9.84 Å². The zero-order chi connectivity index (χ0) is 9.30. The summed E-state index contributed by atoms with van der Waals surface area (Å²) in [7, 11) is 0. The summed E-state index contributed by atoms with van der Waals surface area (Å²) in [5.41, 5.74) is 0.685. The molecule has 0 saturated carbocycles. The first kappa shape index (κ1) is 9.26. The SMILES string of the molecule is CC1=CC(=O)O[C@@H](C(C)C)[C@@H]1O. The molecule has 1 aliphatic heterocycles. The highest BCUT2D eigenvalue weighted by Crippen LogP contribution is 2.21. The van der Waals surface area contributed by atoms with E-state index in [2.05, 4.69) is 0 Å². The largest absolute Gasteiger partial charge is 0.456 e. The Labute approximate surface area is 72.0 Å². The lowest BCUT2D eigenvalue weighted by Gasteiger charge is -2.29. The van der Waals surface area contributed by atoms with Gasteiger partial charge in [-0.2, -0.15) is 0 Å². The summed E-state index contributed by atoms with van der Waals surface area (Å²) in [6.07, 6.45) is 0.314. The number of ether oxygens (including phenoxy) is 1. The van der Waals surface area contributed by atoms with Crippen LogP contribution >= 0.6 is 0 Å². The van der Waals surface area contributed by atoms with Gasteiger partial charge in [0.25, 0.3) is 0 Å². The van der Waals surface area contributed by atoms with E-state index in [1.54, 1.807) is 6.92 Å². The molecule has 1 rings (SSSR count). The second-order valence-corrected chi connectivity index (χ2v) is 3.48. The van der Waals surface area contributed by atoms with Gasteiger partial charge in [0.15, 0.2) is 0 Å². The van der Waals surface area contributed by atoms with Crippen molar-refractivity contribution in [3.05, 3.63) is 11.6 Å². The monoisotopic (exact) mass is 170 g/mol. The van der Waals surface area contributed by atoms with E-state index in [0.717, 1.165) is 0 Å². The van der Waals surface area contributed by atoms with Crippen LogP contribution in [0.15, 0.2) is 11.6 Å². The molecule has 0 aromatic rings. The van der Waals surface area contributed by atoms with Gasteiger partial charge in [-0.15, -0.1) is 0 Å². The van der Waals surface area contributed by atoms with Crippen molar-refractivity contribution in [3.8, 4) is 0 Å². The average molecular weight is 170 g/mol. The smallest absolute Gasteiger partial charge is 0.331 e. The molecule has 0 radical (unpaired) electrons. The number of aliphatic hydroxyl groups excluding tert-OH is 1. The van der Waals surface area contributed by atoms with Crippen molar-refractivity contribution in [2.45, 2.75) is 33.0 Å². The van der Waals surface area contributed by atoms with Gasteiger partial charge >= 0.3 is 5.97 Å². The molecule has 68 valence electrons. The maximum atomic E-state index is 10.9. The first-order chi connectivity index (χ1) is 5.52. The van der Waals surface area contributed by atoms with Crippen molar-refractivity contribution in [2.24, 2.45) is 5.92 Å². The van der Waals surface area contributed by atoms with Crippen molar-refractivity contribution >= 4 is 5.97 Å². The summed E-state index contributed by atoms with van der Waals surface area (Å²) >= 11 is 0. The van der Waals surface area contributed by atoms with Gasteiger partial charge in [-0.1, -0.05) is 13.8 Å². The molecule has 0 aliphatic carbocycles. The normalized spacial score (nSPS) is 30.1. The van der Waals surface area contributed by atoms with E-state index in [-0.39, 0.29) is 18.0 Å². The molecule has 0 unspecified atom stereocenters. The van der Waals surface area contributed by atoms with Crippen LogP contribution in [-0.2, 0) is 9.53 Å². The van der Waals surface area contributed by atoms with E-state index in [4.69, 9.17) is 4.74 Å². The highest BCUT2D eigenvalue weighted by molar-refractivity contribution is 5.84. The molecular formula is C9H14O3. The topological polar surface area (TPSA) is 46.5 Å². The summed E-state index contributed by atoms with van der Waals surface area (Å²) in [4.78, 5) is 10.9. The lowest BCUT2D eigenvalue weighted by molar-refractivity contribution is -0.153. The lowest BCUT2D eigenvalue weighted by Crippen LogP contribution is -2.39. The van der Waals surface area contributed by atoms with Crippen molar-refractivity contribution in [1.82, 2.24) is 0 Å². The molecule has 0 aromatic heterocycles. The van der Waals surface area contributed by atoms with E-state index in [1.165, 1.54) is 6.08 Å². The molecule has 1 N–H and O–H groups in total. The molecule has 2 atom stereocenters. The maximum Gasteiger partial charge on any atom is 0.331 e. The third kappa shape index (κ3) is 1.67. The zero-order valence-electron chi connectivity index (χ0n) is 7.57. The van der Waals surface area contributed by atoms with Crippen molar-refractivity contribution in [2.75, 3.05) is 0 Å². The van der Waals surface area contributed by atoms with Crippen LogP contribution in [0, 0.1) is 5.92 Å². The van der Waals surface area contributed by atoms with Crippen molar-refractivity contribution < 1.29 is 14.6 Å². The molecule has 0 aromatic carbocycles. The minimum atomic E-state index is -0.636. The summed E-state index contributed by atoms with van der Waals surface area (Å²) in [6, 6.07) is 0. The first-order valence-electron chi connectivity index (χ1n) is 4.09. The average Bonchev–Trinajstić information content (AvgIpc) is 1.96. The van der Waals surface area contributed by atoms with Crippen LogP contribution in [-0.4, -0.2) is 23.3 Å². The second-order valence-electron chi connectivity index (χ2n) is 3.48. The third-order valence-electron chi connectivity index (χ3n) is 2.03. The molecule has 1 heterocycles. The molecule has 0 spiro atoms. The summed E-state index contributed by atoms with van der Waals surface area (Å²) in [6.45, 7) is 5.57. The van der Waals surface area contributed by atoms with Gasteiger partial charge in [0, 0.05) is 6.08 Å². The number of cyclic esters (lactones) is 1. The van der Waals surface area contributed by atoms with Gasteiger partial charge in [-0.05, 0) is 18.4 Å². The van der Waals surface area contributed by atoms with Crippen LogP contribution in [0.5, 0.6) is 0 Å². The number of rotatable bonds is 1. The van der Waals surface area contributed by atoms with Gasteiger partial charge in [-0.3, -0.25) is 0 Å². The Morgan fingerprint density at radius 1 is 1.58 bits per heavy atom. The van der Waals surface area contributed by atoms with Crippen LogP contribution in [0.2, 0.25) is 0 Å². The maximum absolute atomic E-state index is 10.9. The van der Waals surface area contributed by atoms with Gasteiger partial charge in [-0.25, -0.2) is 4.79 Å². The molecule has 0 fully saturated rings. The minimum absolute atomic E-state index is 0.146. The van der Waals surface area contributed by atoms with E-state index < -0.39 is 6.10 Å².